The lowest BCUT2D eigenvalue weighted by atomic mass is 9.70. The van der Waals surface area contributed by atoms with Crippen LogP contribution >= 0.6 is 0 Å². The van der Waals surface area contributed by atoms with Crippen molar-refractivity contribution < 1.29 is 22.7 Å². The second-order valence-electron chi connectivity index (χ2n) is 4.81. The fraction of sp³-hybridized carbons (Fsp3) is 0.429. The normalized spacial score (nSPS) is 18.4. The maximum absolute atomic E-state index is 12.2. The molecule has 1 fully saturated rings. The zero-order chi connectivity index (χ0) is 14.8. The highest BCUT2D eigenvalue weighted by atomic mass is 19.4. The lowest BCUT2D eigenvalue weighted by molar-refractivity contribution is -0.274. The first kappa shape index (κ1) is 14.4. The Morgan fingerprint density at radius 1 is 1.25 bits per heavy atom. The Morgan fingerprint density at radius 2 is 1.90 bits per heavy atom. The third-order valence-electron chi connectivity index (χ3n) is 3.50. The first-order valence-electron chi connectivity index (χ1n) is 6.14. The van der Waals surface area contributed by atoms with Gasteiger partial charge in [-0.1, -0.05) is 12.1 Å². The van der Waals surface area contributed by atoms with Crippen molar-refractivity contribution in [3.63, 3.8) is 0 Å². The van der Waals surface area contributed by atoms with Gasteiger partial charge >= 0.3 is 6.36 Å². The first-order chi connectivity index (χ1) is 9.35. The van der Waals surface area contributed by atoms with E-state index in [1.807, 2.05) is 0 Å². The van der Waals surface area contributed by atoms with Gasteiger partial charge in [0.25, 0.3) is 0 Å². The monoisotopic (exact) mass is 283 g/mol. The number of carbonyl (C=O) groups excluding carboxylic acids is 1. The second kappa shape index (κ2) is 5.16. The van der Waals surface area contributed by atoms with E-state index in [4.69, 9.17) is 0 Å². The highest BCUT2D eigenvalue weighted by Crippen LogP contribution is 2.39. The Labute approximate surface area is 114 Å². The van der Waals surface area contributed by atoms with E-state index < -0.39 is 11.8 Å². The molecule has 3 nitrogen and oxygen atoms in total. The number of hydrogen-bond acceptors (Lipinski definition) is 3. The van der Waals surface area contributed by atoms with Crippen LogP contribution in [0.15, 0.2) is 24.3 Å². The summed E-state index contributed by atoms with van der Waals surface area (Å²) in [5.41, 5.74) is -0.437. The molecule has 0 N–H and O–H groups in total. The number of ether oxygens (including phenoxy) is 1. The highest BCUT2D eigenvalue weighted by molar-refractivity contribution is 5.80. The van der Waals surface area contributed by atoms with Gasteiger partial charge in [0, 0.05) is 12.8 Å². The maximum Gasteiger partial charge on any atom is 0.573 e. The molecule has 0 aromatic heterocycles. The van der Waals surface area contributed by atoms with Crippen LogP contribution in [0.4, 0.5) is 13.2 Å². The third kappa shape index (κ3) is 3.10. The highest BCUT2D eigenvalue weighted by Gasteiger charge is 2.37. The summed E-state index contributed by atoms with van der Waals surface area (Å²) in [4.78, 5) is 11.3. The van der Waals surface area contributed by atoms with Gasteiger partial charge in [0.05, 0.1) is 11.5 Å². The minimum Gasteiger partial charge on any atom is -0.406 e. The maximum atomic E-state index is 12.2. The Hall–Kier alpha value is -2.03. The van der Waals surface area contributed by atoms with E-state index in [1.165, 1.54) is 18.2 Å². The lowest BCUT2D eigenvalue weighted by Gasteiger charge is -2.30. The van der Waals surface area contributed by atoms with E-state index in [9.17, 15) is 23.2 Å². The summed E-state index contributed by atoms with van der Waals surface area (Å²) in [6.45, 7) is 0. The number of alkyl halides is 3. The minimum atomic E-state index is -4.76. The van der Waals surface area contributed by atoms with Crippen molar-refractivity contribution in [1.29, 1.82) is 5.26 Å². The standard InChI is InChI=1S/C14H12F3NO2/c15-14(16,17)20-12-3-1-2-10(8-12)13(9-18)6-4-11(19)5-7-13/h1-3,8H,4-7H2. The average molecular weight is 283 g/mol. The number of rotatable bonds is 2. The SMILES string of the molecule is N#CC1(c2cccc(OC(F)(F)F)c2)CCC(=O)CC1. The lowest BCUT2D eigenvalue weighted by Crippen LogP contribution is -2.30. The van der Waals surface area contributed by atoms with Crippen LogP contribution in [0.3, 0.4) is 0 Å². The number of hydrogen-bond donors (Lipinski definition) is 0. The topological polar surface area (TPSA) is 50.1 Å². The molecule has 1 aromatic rings. The van der Waals surface area contributed by atoms with Gasteiger partial charge in [-0.25, -0.2) is 0 Å². The van der Waals surface area contributed by atoms with Crippen LogP contribution in [-0.2, 0) is 10.2 Å². The summed E-state index contributed by atoms with van der Waals surface area (Å²) in [6, 6.07) is 7.60. The molecule has 0 unspecified atom stereocenters. The van der Waals surface area contributed by atoms with Crippen LogP contribution in [0, 0.1) is 11.3 Å². The number of ketones is 1. The first-order valence-corrected chi connectivity index (χ1v) is 6.14. The number of nitrogens with zero attached hydrogens (tertiary/aromatic N) is 1. The summed E-state index contributed by atoms with van der Waals surface area (Å²) in [5.74, 6) is -0.264. The van der Waals surface area contributed by atoms with Gasteiger partial charge < -0.3 is 4.74 Å². The van der Waals surface area contributed by atoms with Crippen LogP contribution in [0.1, 0.15) is 31.2 Å². The van der Waals surface area contributed by atoms with Crippen LogP contribution in [0.25, 0.3) is 0 Å². The molecule has 1 aliphatic rings. The molecule has 0 aliphatic heterocycles. The van der Waals surface area contributed by atoms with Gasteiger partial charge in [0.1, 0.15) is 11.5 Å². The number of nitriles is 1. The molecule has 2 rings (SSSR count). The predicted molar refractivity (Wildman–Crippen MR) is 63.9 cm³/mol. The van der Waals surface area contributed by atoms with Gasteiger partial charge in [-0.05, 0) is 30.5 Å². The molecular formula is C14H12F3NO2. The van der Waals surface area contributed by atoms with E-state index in [-0.39, 0.29) is 24.4 Å². The zero-order valence-corrected chi connectivity index (χ0v) is 10.5. The smallest absolute Gasteiger partial charge is 0.406 e. The fourth-order valence-corrected chi connectivity index (χ4v) is 2.41. The van der Waals surface area contributed by atoms with Crippen molar-refractivity contribution in [2.45, 2.75) is 37.5 Å². The molecule has 1 aliphatic carbocycles. The van der Waals surface area contributed by atoms with E-state index >= 15 is 0 Å². The molecule has 0 spiro atoms. The van der Waals surface area contributed by atoms with Crippen LogP contribution in [0.5, 0.6) is 5.75 Å². The third-order valence-corrected chi connectivity index (χ3v) is 3.50. The van der Waals surface area contributed by atoms with E-state index in [0.717, 1.165) is 0 Å². The molecule has 0 saturated heterocycles. The summed E-state index contributed by atoms with van der Waals surface area (Å²) in [7, 11) is 0. The quantitative estimate of drug-likeness (QED) is 0.834. The Bertz CT molecular complexity index is 550. The van der Waals surface area contributed by atoms with Gasteiger partial charge in [0.2, 0.25) is 0 Å². The minimum absolute atomic E-state index is 0.0820. The average Bonchev–Trinajstić information content (AvgIpc) is 2.38. The zero-order valence-electron chi connectivity index (χ0n) is 10.5. The van der Waals surface area contributed by atoms with Crippen molar-refractivity contribution in [2.75, 3.05) is 0 Å². The molecule has 0 atom stereocenters. The molecule has 0 bridgehead atoms. The molecule has 0 amide bonds. The number of Topliss-reactive ketones (excluding diaryl/α,β-unsaturated/α-hetero) is 1. The fourth-order valence-electron chi connectivity index (χ4n) is 2.41. The molecule has 1 aromatic carbocycles. The Kier molecular flexibility index (Phi) is 3.71. The van der Waals surface area contributed by atoms with Crippen LogP contribution in [-0.4, -0.2) is 12.1 Å². The van der Waals surface area contributed by atoms with Crippen molar-refractivity contribution in [2.24, 2.45) is 0 Å². The summed E-state index contributed by atoms with van der Waals surface area (Å²) in [6.07, 6.45) is -3.55. The molecule has 106 valence electrons. The van der Waals surface area contributed by atoms with Gasteiger partial charge in [0.15, 0.2) is 0 Å². The van der Waals surface area contributed by atoms with E-state index in [1.54, 1.807) is 6.07 Å². The molecule has 1 saturated carbocycles. The molecule has 6 heteroatoms. The number of benzene rings is 1. The summed E-state index contributed by atoms with van der Waals surface area (Å²) >= 11 is 0. The molecular weight excluding hydrogens is 271 g/mol. The largest absolute Gasteiger partial charge is 0.573 e. The van der Waals surface area contributed by atoms with Crippen molar-refractivity contribution in [1.82, 2.24) is 0 Å². The summed E-state index contributed by atoms with van der Waals surface area (Å²) < 4.78 is 40.5. The van der Waals surface area contributed by atoms with Crippen LogP contribution in [0.2, 0.25) is 0 Å². The second-order valence-corrected chi connectivity index (χ2v) is 4.81. The predicted octanol–water partition coefficient (Wildman–Crippen LogP) is 3.49. The van der Waals surface area contributed by atoms with Gasteiger partial charge in [-0.15, -0.1) is 13.2 Å². The van der Waals surface area contributed by atoms with Gasteiger partial charge in [-0.3, -0.25) is 4.79 Å². The number of carbonyl (C=O) groups is 1. The van der Waals surface area contributed by atoms with Gasteiger partial charge in [-0.2, -0.15) is 5.26 Å². The molecule has 0 radical (unpaired) electrons. The van der Waals surface area contributed by atoms with Crippen molar-refractivity contribution in [3.8, 4) is 11.8 Å². The number of halogens is 3. The summed E-state index contributed by atoms with van der Waals surface area (Å²) in [5, 5.41) is 9.38. The molecule has 0 heterocycles. The Balaban J connectivity index is 2.30. The van der Waals surface area contributed by atoms with E-state index in [2.05, 4.69) is 10.8 Å². The Morgan fingerprint density at radius 3 is 2.45 bits per heavy atom. The van der Waals surface area contributed by atoms with Crippen LogP contribution < -0.4 is 4.74 Å². The van der Waals surface area contributed by atoms with Crippen molar-refractivity contribution in [3.05, 3.63) is 29.8 Å². The van der Waals surface area contributed by atoms with Crippen molar-refractivity contribution >= 4 is 5.78 Å². The van der Waals surface area contributed by atoms with E-state index in [0.29, 0.717) is 18.4 Å². The molecule has 20 heavy (non-hydrogen) atoms.